The van der Waals surface area contributed by atoms with Gasteiger partial charge in [0.15, 0.2) is 5.79 Å². The molecule has 0 unspecified atom stereocenters. The van der Waals surface area contributed by atoms with Gasteiger partial charge in [0.05, 0.1) is 45.1 Å². The average Bonchev–Trinajstić information content (AvgIpc) is 3.20. The van der Waals surface area contributed by atoms with Gasteiger partial charge < -0.3 is 28.6 Å². The lowest BCUT2D eigenvalue weighted by molar-refractivity contribution is -0.169. The molecule has 2 fully saturated rings. The number of carbonyl (C=O) groups is 1. The average molecular weight is 402 g/mol. The topological polar surface area (TPSA) is 79.4 Å². The van der Waals surface area contributed by atoms with Crippen molar-refractivity contribution in [2.24, 2.45) is 0 Å². The lowest BCUT2D eigenvalue weighted by atomic mass is 9.99. The number of piperidine rings is 1. The molecule has 0 aliphatic carbocycles. The number of methoxy groups -OCH3 is 2. The highest BCUT2D eigenvalue weighted by atomic mass is 16.7. The van der Waals surface area contributed by atoms with E-state index in [1.165, 1.54) is 0 Å². The Morgan fingerprint density at radius 2 is 1.79 bits per heavy atom. The molecule has 1 aromatic heterocycles. The monoisotopic (exact) mass is 402 g/mol. The molecule has 0 saturated carbocycles. The molecule has 3 heterocycles. The lowest BCUT2D eigenvalue weighted by Crippen LogP contribution is -2.45. The van der Waals surface area contributed by atoms with Crippen LogP contribution in [0.25, 0.3) is 10.9 Å². The molecule has 156 valence electrons. The number of carbonyl (C=O) groups excluding carboxylic acids is 1. The van der Waals surface area contributed by atoms with Crippen molar-refractivity contribution in [3.05, 3.63) is 23.9 Å². The zero-order valence-corrected chi connectivity index (χ0v) is 17.0. The number of benzene rings is 1. The summed E-state index contributed by atoms with van der Waals surface area (Å²) >= 11 is 0. The molecule has 0 atom stereocenters. The van der Waals surface area contributed by atoms with Gasteiger partial charge in [-0.05, 0) is 19.1 Å². The maximum absolute atomic E-state index is 12.7. The molecule has 0 amide bonds. The van der Waals surface area contributed by atoms with Gasteiger partial charge in [-0.3, -0.25) is 4.98 Å². The van der Waals surface area contributed by atoms with Gasteiger partial charge >= 0.3 is 5.97 Å². The number of ether oxygens (including phenoxy) is 5. The van der Waals surface area contributed by atoms with Gasteiger partial charge in [0, 0.05) is 32.1 Å². The first-order valence-corrected chi connectivity index (χ1v) is 9.86. The minimum absolute atomic E-state index is 0.288. The van der Waals surface area contributed by atoms with Gasteiger partial charge in [0.1, 0.15) is 22.6 Å². The van der Waals surface area contributed by atoms with Gasteiger partial charge in [0.2, 0.25) is 0 Å². The number of anilines is 1. The molecule has 2 saturated heterocycles. The lowest BCUT2D eigenvalue weighted by Gasteiger charge is -2.39. The SMILES string of the molecule is CCOC(=O)c1cnc2c(OC)ccc(OC)c2c1N1CCC2(CC1)OCCO2. The highest BCUT2D eigenvalue weighted by Crippen LogP contribution is 2.43. The van der Waals surface area contributed by atoms with Crippen LogP contribution < -0.4 is 14.4 Å². The third kappa shape index (κ3) is 3.47. The van der Waals surface area contributed by atoms with Crippen LogP contribution in [0.2, 0.25) is 0 Å². The van der Waals surface area contributed by atoms with Gasteiger partial charge in [-0.25, -0.2) is 4.79 Å². The van der Waals surface area contributed by atoms with Crippen LogP contribution >= 0.6 is 0 Å². The number of nitrogens with zero attached hydrogens (tertiary/aromatic N) is 2. The number of rotatable bonds is 5. The fourth-order valence-electron chi connectivity index (χ4n) is 4.11. The molecule has 2 aliphatic heterocycles. The third-order valence-electron chi connectivity index (χ3n) is 5.51. The van der Waals surface area contributed by atoms with Crippen LogP contribution in [0.4, 0.5) is 5.69 Å². The normalized spacial score (nSPS) is 18.2. The fraction of sp³-hybridized carbons (Fsp3) is 0.524. The summed E-state index contributed by atoms with van der Waals surface area (Å²) in [6.45, 7) is 4.66. The molecule has 0 bridgehead atoms. The summed E-state index contributed by atoms with van der Waals surface area (Å²) in [5, 5.41) is 0.738. The summed E-state index contributed by atoms with van der Waals surface area (Å²) in [6, 6.07) is 3.64. The second kappa shape index (κ2) is 8.04. The predicted molar refractivity (Wildman–Crippen MR) is 107 cm³/mol. The zero-order valence-electron chi connectivity index (χ0n) is 17.0. The summed E-state index contributed by atoms with van der Waals surface area (Å²) in [4.78, 5) is 19.4. The molecule has 0 radical (unpaired) electrons. The first kappa shape index (κ1) is 19.7. The van der Waals surface area contributed by atoms with E-state index in [1.807, 2.05) is 12.1 Å². The Kier molecular flexibility index (Phi) is 5.47. The minimum atomic E-state index is -0.509. The number of hydrogen-bond donors (Lipinski definition) is 0. The van der Waals surface area contributed by atoms with E-state index >= 15 is 0 Å². The van der Waals surface area contributed by atoms with E-state index in [4.69, 9.17) is 23.7 Å². The maximum atomic E-state index is 12.7. The van der Waals surface area contributed by atoms with Crippen molar-refractivity contribution in [1.29, 1.82) is 0 Å². The minimum Gasteiger partial charge on any atom is -0.496 e. The van der Waals surface area contributed by atoms with Crippen molar-refractivity contribution in [1.82, 2.24) is 4.98 Å². The number of fused-ring (bicyclic) bond motifs is 1. The Morgan fingerprint density at radius 3 is 2.41 bits per heavy atom. The second-order valence-corrected chi connectivity index (χ2v) is 7.03. The van der Waals surface area contributed by atoms with E-state index in [1.54, 1.807) is 27.3 Å². The van der Waals surface area contributed by atoms with Crippen LogP contribution in [-0.4, -0.2) is 63.9 Å². The van der Waals surface area contributed by atoms with E-state index in [0.29, 0.717) is 61.7 Å². The summed E-state index contributed by atoms with van der Waals surface area (Å²) in [7, 11) is 3.20. The maximum Gasteiger partial charge on any atom is 0.341 e. The van der Waals surface area contributed by atoms with Crippen LogP contribution in [-0.2, 0) is 14.2 Å². The van der Waals surface area contributed by atoms with Crippen molar-refractivity contribution in [3.63, 3.8) is 0 Å². The standard InChI is InChI=1S/C21H26N2O6/c1-4-27-20(24)14-13-22-18-16(26-3)6-5-15(25-2)17(18)19(14)23-9-7-21(8-10-23)28-11-12-29-21/h5-6,13H,4,7-12H2,1-3H3. The van der Waals surface area contributed by atoms with Crippen molar-refractivity contribution in [2.45, 2.75) is 25.6 Å². The molecule has 1 spiro atoms. The van der Waals surface area contributed by atoms with E-state index < -0.39 is 11.8 Å². The largest absolute Gasteiger partial charge is 0.496 e. The molecule has 4 rings (SSSR count). The van der Waals surface area contributed by atoms with Gasteiger partial charge in [-0.2, -0.15) is 0 Å². The molecule has 8 heteroatoms. The van der Waals surface area contributed by atoms with Crippen LogP contribution in [0.3, 0.4) is 0 Å². The van der Waals surface area contributed by atoms with Crippen molar-refractivity contribution >= 4 is 22.6 Å². The third-order valence-corrected chi connectivity index (χ3v) is 5.51. The smallest absolute Gasteiger partial charge is 0.341 e. The van der Waals surface area contributed by atoms with Gasteiger partial charge in [-0.15, -0.1) is 0 Å². The molecular weight excluding hydrogens is 376 g/mol. The Bertz CT molecular complexity index is 900. The van der Waals surface area contributed by atoms with Gasteiger partial charge in [0.25, 0.3) is 0 Å². The van der Waals surface area contributed by atoms with Crippen LogP contribution in [0, 0.1) is 0 Å². The zero-order chi connectivity index (χ0) is 20.4. The molecule has 29 heavy (non-hydrogen) atoms. The van der Waals surface area contributed by atoms with E-state index in [9.17, 15) is 4.79 Å². The molecule has 1 aromatic carbocycles. The predicted octanol–water partition coefficient (Wildman–Crippen LogP) is 2.77. The number of aromatic nitrogens is 1. The highest BCUT2D eigenvalue weighted by molar-refractivity contribution is 6.09. The Labute approximate surface area is 169 Å². The molecule has 0 N–H and O–H groups in total. The van der Waals surface area contributed by atoms with Crippen LogP contribution in [0.5, 0.6) is 11.5 Å². The van der Waals surface area contributed by atoms with Gasteiger partial charge in [-0.1, -0.05) is 0 Å². The van der Waals surface area contributed by atoms with Crippen molar-refractivity contribution < 1.29 is 28.5 Å². The summed E-state index contributed by atoms with van der Waals surface area (Å²) in [6.07, 6.45) is 2.99. The molecular formula is C21H26N2O6. The number of hydrogen-bond acceptors (Lipinski definition) is 8. The Balaban J connectivity index is 1.84. The summed E-state index contributed by atoms with van der Waals surface area (Å²) < 4.78 is 28.1. The fourth-order valence-corrected chi connectivity index (χ4v) is 4.11. The van der Waals surface area contributed by atoms with Crippen molar-refractivity contribution in [3.8, 4) is 11.5 Å². The van der Waals surface area contributed by atoms with E-state index in [0.717, 1.165) is 11.1 Å². The second-order valence-electron chi connectivity index (χ2n) is 7.03. The number of esters is 1. The quantitative estimate of drug-likeness (QED) is 0.707. The molecule has 8 nitrogen and oxygen atoms in total. The first-order valence-electron chi connectivity index (χ1n) is 9.86. The Morgan fingerprint density at radius 1 is 1.14 bits per heavy atom. The molecule has 2 aromatic rings. The van der Waals surface area contributed by atoms with Crippen LogP contribution in [0.15, 0.2) is 18.3 Å². The van der Waals surface area contributed by atoms with E-state index in [2.05, 4.69) is 9.88 Å². The molecule has 2 aliphatic rings. The van der Waals surface area contributed by atoms with E-state index in [-0.39, 0.29) is 6.61 Å². The Hall–Kier alpha value is -2.58. The highest BCUT2D eigenvalue weighted by Gasteiger charge is 2.41. The first-order chi connectivity index (χ1) is 14.1. The van der Waals surface area contributed by atoms with Crippen LogP contribution in [0.1, 0.15) is 30.1 Å². The summed E-state index contributed by atoms with van der Waals surface area (Å²) in [5.74, 6) is 0.331. The summed E-state index contributed by atoms with van der Waals surface area (Å²) in [5.41, 5.74) is 1.80. The van der Waals surface area contributed by atoms with Crippen molar-refractivity contribution in [2.75, 3.05) is 52.0 Å². The number of pyridine rings is 1.